The Kier molecular flexibility index (Phi) is 3.93. The van der Waals surface area contributed by atoms with Gasteiger partial charge in [0, 0.05) is 18.6 Å². The van der Waals surface area contributed by atoms with Crippen molar-refractivity contribution in [1.82, 2.24) is 5.32 Å². The Morgan fingerprint density at radius 1 is 1.57 bits per heavy atom. The van der Waals surface area contributed by atoms with Gasteiger partial charge in [-0.1, -0.05) is 20.8 Å². The molecule has 1 unspecified atom stereocenters. The van der Waals surface area contributed by atoms with Gasteiger partial charge in [0.1, 0.15) is 0 Å². The highest BCUT2D eigenvalue weighted by molar-refractivity contribution is 5.81. The van der Waals surface area contributed by atoms with Crippen LogP contribution in [0.5, 0.6) is 0 Å². The van der Waals surface area contributed by atoms with Crippen molar-refractivity contribution in [1.29, 1.82) is 0 Å². The van der Waals surface area contributed by atoms with Crippen LogP contribution in [0.15, 0.2) is 0 Å². The summed E-state index contributed by atoms with van der Waals surface area (Å²) >= 11 is 0. The predicted molar refractivity (Wildman–Crippen MR) is 56.1 cm³/mol. The average molecular weight is 199 g/mol. The monoisotopic (exact) mass is 199 g/mol. The van der Waals surface area contributed by atoms with Crippen LogP contribution in [0.3, 0.4) is 0 Å². The fraction of sp³-hybridized carbons (Fsp3) is 0.909. The van der Waals surface area contributed by atoms with Gasteiger partial charge in [-0.3, -0.25) is 4.79 Å². The molecule has 1 atom stereocenters. The second-order valence-electron chi connectivity index (χ2n) is 4.58. The molecule has 0 radical (unpaired) electrons. The summed E-state index contributed by atoms with van der Waals surface area (Å²) in [5, 5.41) is 2.95. The van der Waals surface area contributed by atoms with Crippen LogP contribution in [-0.2, 0) is 9.53 Å². The van der Waals surface area contributed by atoms with Gasteiger partial charge in [-0.05, 0) is 19.3 Å². The summed E-state index contributed by atoms with van der Waals surface area (Å²) in [6.07, 6.45) is 3.31. The van der Waals surface area contributed by atoms with Gasteiger partial charge in [0.2, 0.25) is 5.91 Å². The molecule has 3 heteroatoms. The molecule has 1 aliphatic rings. The van der Waals surface area contributed by atoms with E-state index in [1.54, 1.807) is 0 Å². The first kappa shape index (κ1) is 11.5. The maximum atomic E-state index is 11.7. The molecule has 0 saturated carbocycles. The summed E-state index contributed by atoms with van der Waals surface area (Å²) in [5.74, 6) is 0.135. The molecular weight excluding hydrogens is 178 g/mol. The zero-order valence-corrected chi connectivity index (χ0v) is 9.43. The first-order chi connectivity index (χ1) is 6.56. The van der Waals surface area contributed by atoms with E-state index in [-0.39, 0.29) is 17.4 Å². The van der Waals surface area contributed by atoms with Gasteiger partial charge in [0.05, 0.1) is 6.10 Å². The van der Waals surface area contributed by atoms with Crippen molar-refractivity contribution in [2.75, 3.05) is 13.2 Å². The Morgan fingerprint density at radius 3 is 2.79 bits per heavy atom. The molecule has 1 N–H and O–H groups in total. The zero-order chi connectivity index (χ0) is 10.6. The molecule has 82 valence electrons. The maximum absolute atomic E-state index is 11.7. The fourth-order valence-electron chi connectivity index (χ4n) is 1.41. The van der Waals surface area contributed by atoms with E-state index < -0.39 is 0 Å². The summed E-state index contributed by atoms with van der Waals surface area (Å²) in [6.45, 7) is 7.49. The molecule has 0 bridgehead atoms. The van der Waals surface area contributed by atoms with Gasteiger partial charge in [0.25, 0.3) is 0 Å². The number of ether oxygens (including phenoxy) is 1. The van der Waals surface area contributed by atoms with Crippen molar-refractivity contribution in [2.24, 2.45) is 5.41 Å². The van der Waals surface area contributed by atoms with E-state index in [0.717, 1.165) is 25.9 Å². The number of nitrogens with one attached hydrogen (secondary N) is 1. The zero-order valence-electron chi connectivity index (χ0n) is 9.43. The minimum atomic E-state index is -0.251. The average Bonchev–Trinajstić information content (AvgIpc) is 2.66. The van der Waals surface area contributed by atoms with E-state index in [0.29, 0.717) is 6.54 Å². The van der Waals surface area contributed by atoms with Crippen LogP contribution >= 0.6 is 0 Å². The summed E-state index contributed by atoms with van der Waals surface area (Å²) < 4.78 is 5.43. The van der Waals surface area contributed by atoms with Gasteiger partial charge >= 0.3 is 0 Å². The highest BCUT2D eigenvalue weighted by Gasteiger charge is 2.26. The molecule has 1 heterocycles. The number of carbonyl (C=O) groups is 1. The lowest BCUT2D eigenvalue weighted by atomic mass is 9.89. The van der Waals surface area contributed by atoms with E-state index >= 15 is 0 Å². The van der Waals surface area contributed by atoms with E-state index in [1.165, 1.54) is 0 Å². The lowest BCUT2D eigenvalue weighted by Gasteiger charge is -2.22. The Labute approximate surface area is 86.2 Å². The summed E-state index contributed by atoms with van der Waals surface area (Å²) in [6, 6.07) is 0. The quantitative estimate of drug-likeness (QED) is 0.748. The van der Waals surface area contributed by atoms with E-state index in [2.05, 4.69) is 5.32 Å². The predicted octanol–water partition coefficient (Wildman–Crippen LogP) is 1.72. The smallest absolute Gasteiger partial charge is 0.225 e. The number of rotatable bonds is 4. The van der Waals surface area contributed by atoms with Gasteiger partial charge in [0.15, 0.2) is 0 Å². The number of hydrogen-bond donors (Lipinski definition) is 1. The molecule has 14 heavy (non-hydrogen) atoms. The molecule has 1 fully saturated rings. The Balaban J connectivity index is 2.26. The van der Waals surface area contributed by atoms with Gasteiger partial charge in [-0.25, -0.2) is 0 Å². The van der Waals surface area contributed by atoms with E-state index in [9.17, 15) is 4.79 Å². The normalized spacial score (nSPS) is 22.4. The van der Waals surface area contributed by atoms with Crippen molar-refractivity contribution >= 4 is 5.91 Å². The van der Waals surface area contributed by atoms with Gasteiger partial charge < -0.3 is 10.1 Å². The minimum Gasteiger partial charge on any atom is -0.376 e. The van der Waals surface area contributed by atoms with Gasteiger partial charge in [-0.15, -0.1) is 0 Å². The molecule has 0 spiro atoms. The van der Waals surface area contributed by atoms with Crippen LogP contribution in [0.1, 0.15) is 40.0 Å². The van der Waals surface area contributed by atoms with Crippen LogP contribution in [0.2, 0.25) is 0 Å². The Morgan fingerprint density at radius 2 is 2.29 bits per heavy atom. The third kappa shape index (κ3) is 2.98. The molecule has 1 amide bonds. The molecule has 3 nitrogen and oxygen atoms in total. The number of hydrogen-bond acceptors (Lipinski definition) is 2. The van der Waals surface area contributed by atoms with Crippen LogP contribution in [0.4, 0.5) is 0 Å². The van der Waals surface area contributed by atoms with Crippen molar-refractivity contribution in [2.45, 2.75) is 46.1 Å². The molecule has 1 aliphatic heterocycles. The lowest BCUT2D eigenvalue weighted by Crippen LogP contribution is -2.40. The molecule has 1 rings (SSSR count). The van der Waals surface area contributed by atoms with E-state index in [4.69, 9.17) is 4.74 Å². The number of carbonyl (C=O) groups excluding carboxylic acids is 1. The second-order valence-corrected chi connectivity index (χ2v) is 4.58. The summed E-state index contributed by atoms with van der Waals surface area (Å²) in [4.78, 5) is 11.7. The Bertz CT molecular complexity index is 195. The van der Waals surface area contributed by atoms with Crippen molar-refractivity contribution < 1.29 is 9.53 Å². The number of amides is 1. The van der Waals surface area contributed by atoms with Crippen molar-refractivity contribution in [3.8, 4) is 0 Å². The SMILES string of the molecule is CCC(C)(C)C(=O)NCC1CCCO1. The van der Waals surface area contributed by atoms with Crippen molar-refractivity contribution in [3.63, 3.8) is 0 Å². The standard InChI is InChI=1S/C11H21NO2/c1-4-11(2,3)10(13)12-8-9-6-5-7-14-9/h9H,4-8H2,1-3H3,(H,12,13). The van der Waals surface area contributed by atoms with Crippen LogP contribution in [0, 0.1) is 5.41 Å². The third-order valence-corrected chi connectivity index (χ3v) is 3.01. The summed E-state index contributed by atoms with van der Waals surface area (Å²) in [7, 11) is 0. The van der Waals surface area contributed by atoms with Crippen LogP contribution in [0.25, 0.3) is 0 Å². The van der Waals surface area contributed by atoms with Crippen LogP contribution < -0.4 is 5.32 Å². The maximum Gasteiger partial charge on any atom is 0.225 e. The van der Waals surface area contributed by atoms with E-state index in [1.807, 2.05) is 20.8 Å². The Hall–Kier alpha value is -0.570. The highest BCUT2D eigenvalue weighted by atomic mass is 16.5. The summed E-state index contributed by atoms with van der Waals surface area (Å²) in [5.41, 5.74) is -0.251. The second kappa shape index (κ2) is 4.78. The third-order valence-electron chi connectivity index (χ3n) is 3.01. The lowest BCUT2D eigenvalue weighted by molar-refractivity contribution is -0.130. The van der Waals surface area contributed by atoms with Gasteiger partial charge in [-0.2, -0.15) is 0 Å². The van der Waals surface area contributed by atoms with Crippen molar-refractivity contribution in [3.05, 3.63) is 0 Å². The fourth-order valence-corrected chi connectivity index (χ4v) is 1.41. The van der Waals surface area contributed by atoms with Crippen LogP contribution in [-0.4, -0.2) is 25.2 Å². The highest BCUT2D eigenvalue weighted by Crippen LogP contribution is 2.19. The topological polar surface area (TPSA) is 38.3 Å². The molecule has 1 saturated heterocycles. The molecular formula is C11H21NO2. The molecule has 0 aromatic carbocycles. The molecule has 0 aromatic heterocycles. The first-order valence-electron chi connectivity index (χ1n) is 5.46. The molecule has 0 aliphatic carbocycles. The minimum absolute atomic E-state index is 0.135. The molecule has 0 aromatic rings. The first-order valence-corrected chi connectivity index (χ1v) is 5.46. The largest absolute Gasteiger partial charge is 0.376 e.